The van der Waals surface area contributed by atoms with Gasteiger partial charge in [-0.15, -0.1) is 0 Å². The van der Waals surface area contributed by atoms with Crippen LogP contribution in [0.5, 0.6) is 0 Å². The van der Waals surface area contributed by atoms with Crippen LogP contribution in [-0.4, -0.2) is 0 Å². The molecule has 0 bridgehead atoms. The van der Waals surface area contributed by atoms with Gasteiger partial charge in [0.25, 0.3) is 0 Å². The van der Waals surface area contributed by atoms with Crippen LogP contribution in [0.2, 0.25) is 0 Å². The summed E-state index contributed by atoms with van der Waals surface area (Å²) >= 11 is 5.76. The lowest BCUT2D eigenvalue weighted by Crippen LogP contribution is -1.99. The molecule has 1 rings (SSSR count). The molecule has 128 valence electrons. The zero-order chi connectivity index (χ0) is 17.8. The largest absolute Gasteiger partial charge is 0.326 e. The molecule has 1 nitrogen and oxygen atoms in total. The lowest BCUT2D eigenvalue weighted by molar-refractivity contribution is 0.646. The molecule has 2 N–H and O–H groups in total. The molecule has 1 aromatic carbocycles. The smallest absolute Gasteiger partial charge is 0.0366 e. The summed E-state index contributed by atoms with van der Waals surface area (Å²) in [5.41, 5.74) is 9.26. The van der Waals surface area contributed by atoms with Gasteiger partial charge in [0.05, 0.1) is 0 Å². The monoisotopic (exact) mass is 333 g/mol. The molecule has 0 radical (unpaired) electrons. The average Bonchev–Trinajstić information content (AvgIpc) is 2.46. The van der Waals surface area contributed by atoms with Gasteiger partial charge in [-0.25, -0.2) is 0 Å². The standard InChI is InChI=1S/C11H17N.C10H15Cl/c1-9(2)6-10-4-3-5-11(7-10)8-12;1-5-6-10(9(4)11)7-8(2)3/h3-5,7,9H,6,8,12H2,1-2H3;5-6,8H,1,4,7H2,2-3H3/b;10-6-. The third-order valence-electron chi connectivity index (χ3n) is 3.17. The Bertz CT molecular complexity index is 512. The summed E-state index contributed by atoms with van der Waals surface area (Å²) in [6, 6.07) is 8.52. The quantitative estimate of drug-likeness (QED) is 0.587. The van der Waals surface area contributed by atoms with Crippen LogP contribution in [0.1, 0.15) is 45.2 Å². The van der Waals surface area contributed by atoms with Gasteiger partial charge >= 0.3 is 0 Å². The van der Waals surface area contributed by atoms with E-state index in [-0.39, 0.29) is 0 Å². The predicted molar refractivity (Wildman–Crippen MR) is 106 cm³/mol. The molecule has 23 heavy (non-hydrogen) atoms. The van der Waals surface area contributed by atoms with E-state index in [0.717, 1.165) is 24.3 Å². The minimum Gasteiger partial charge on any atom is -0.326 e. The highest BCUT2D eigenvalue weighted by atomic mass is 35.5. The van der Waals surface area contributed by atoms with Gasteiger partial charge in [0.1, 0.15) is 0 Å². The Morgan fingerprint density at radius 3 is 2.22 bits per heavy atom. The lowest BCUT2D eigenvalue weighted by atomic mass is 10.0. The fourth-order valence-electron chi connectivity index (χ4n) is 2.21. The van der Waals surface area contributed by atoms with Crippen molar-refractivity contribution in [3.63, 3.8) is 0 Å². The summed E-state index contributed by atoms with van der Waals surface area (Å²) < 4.78 is 0. The van der Waals surface area contributed by atoms with E-state index >= 15 is 0 Å². The molecule has 0 atom stereocenters. The molecule has 0 heterocycles. The molecule has 0 fully saturated rings. The van der Waals surface area contributed by atoms with Gasteiger partial charge in [-0.2, -0.15) is 0 Å². The first kappa shape index (κ1) is 21.7. The van der Waals surface area contributed by atoms with Crippen molar-refractivity contribution in [2.75, 3.05) is 0 Å². The fraction of sp³-hybridized carbons (Fsp3) is 0.429. The van der Waals surface area contributed by atoms with Crippen LogP contribution in [0.3, 0.4) is 0 Å². The van der Waals surface area contributed by atoms with Crippen LogP contribution in [0, 0.1) is 11.8 Å². The molecule has 0 aliphatic heterocycles. The van der Waals surface area contributed by atoms with Crippen LogP contribution in [-0.2, 0) is 13.0 Å². The molecule has 0 spiro atoms. The summed E-state index contributed by atoms with van der Waals surface area (Å²) in [6.07, 6.45) is 5.77. The second-order valence-corrected chi connectivity index (χ2v) is 7.01. The van der Waals surface area contributed by atoms with Crippen LogP contribution in [0.15, 0.2) is 60.2 Å². The van der Waals surface area contributed by atoms with E-state index < -0.39 is 0 Å². The number of benzene rings is 1. The van der Waals surface area contributed by atoms with Crippen molar-refractivity contribution in [3.8, 4) is 0 Å². The highest BCUT2D eigenvalue weighted by Crippen LogP contribution is 2.20. The van der Waals surface area contributed by atoms with Crippen LogP contribution in [0.25, 0.3) is 0 Å². The van der Waals surface area contributed by atoms with Gasteiger partial charge in [0.2, 0.25) is 0 Å². The minimum atomic E-state index is 0.608. The Balaban J connectivity index is 0.000000423. The summed E-state index contributed by atoms with van der Waals surface area (Å²) in [4.78, 5) is 0. The number of hydrogen-bond donors (Lipinski definition) is 1. The number of rotatable bonds is 7. The van der Waals surface area contributed by atoms with Gasteiger partial charge in [-0.1, -0.05) is 88.9 Å². The van der Waals surface area contributed by atoms with Crippen LogP contribution in [0.4, 0.5) is 0 Å². The summed E-state index contributed by atoms with van der Waals surface area (Å²) in [5.74, 6) is 1.33. The Morgan fingerprint density at radius 1 is 1.17 bits per heavy atom. The van der Waals surface area contributed by atoms with Gasteiger partial charge in [0.15, 0.2) is 0 Å². The summed E-state index contributed by atoms with van der Waals surface area (Å²) in [5, 5.41) is 0.624. The van der Waals surface area contributed by atoms with Crippen molar-refractivity contribution in [1.82, 2.24) is 0 Å². The first-order chi connectivity index (χ1) is 10.8. The molecule has 0 aromatic heterocycles. The van der Waals surface area contributed by atoms with Crippen molar-refractivity contribution in [3.05, 3.63) is 71.3 Å². The Labute approximate surface area is 147 Å². The van der Waals surface area contributed by atoms with Gasteiger partial charge in [0, 0.05) is 11.6 Å². The number of hydrogen-bond acceptors (Lipinski definition) is 1. The fourth-order valence-corrected chi connectivity index (χ4v) is 2.35. The third kappa shape index (κ3) is 11.0. The molecule has 0 amide bonds. The van der Waals surface area contributed by atoms with E-state index in [9.17, 15) is 0 Å². The zero-order valence-corrected chi connectivity index (χ0v) is 15.9. The Hall–Kier alpha value is -1.31. The molecule has 0 aliphatic rings. The molecule has 0 unspecified atom stereocenters. The number of allylic oxidation sites excluding steroid dienone is 4. The molecule has 0 saturated carbocycles. The van der Waals surface area contributed by atoms with Crippen molar-refractivity contribution in [1.29, 1.82) is 0 Å². The van der Waals surface area contributed by atoms with E-state index in [4.69, 9.17) is 17.3 Å². The van der Waals surface area contributed by atoms with E-state index in [1.165, 1.54) is 11.1 Å². The van der Waals surface area contributed by atoms with Crippen molar-refractivity contribution < 1.29 is 0 Å². The second-order valence-electron chi connectivity index (χ2n) is 6.55. The van der Waals surface area contributed by atoms with Gasteiger partial charge in [-0.05, 0) is 41.4 Å². The van der Waals surface area contributed by atoms with Gasteiger partial charge < -0.3 is 5.73 Å². The molecule has 0 aliphatic carbocycles. The first-order valence-electron chi connectivity index (χ1n) is 8.24. The SMILES string of the molecule is C=C/C=C(/CC(C)C)C(=C)Cl.CC(C)Cc1cccc(CN)c1. The van der Waals surface area contributed by atoms with Crippen LogP contribution >= 0.6 is 11.6 Å². The zero-order valence-electron chi connectivity index (χ0n) is 15.1. The topological polar surface area (TPSA) is 26.0 Å². The minimum absolute atomic E-state index is 0.608. The maximum absolute atomic E-state index is 5.76. The van der Waals surface area contributed by atoms with E-state index in [2.05, 4.69) is 65.1 Å². The second kappa shape index (κ2) is 12.2. The van der Waals surface area contributed by atoms with Crippen molar-refractivity contribution in [2.24, 2.45) is 17.6 Å². The first-order valence-corrected chi connectivity index (χ1v) is 8.62. The third-order valence-corrected chi connectivity index (χ3v) is 3.41. The van der Waals surface area contributed by atoms with E-state index in [1.807, 2.05) is 6.08 Å². The summed E-state index contributed by atoms with van der Waals surface area (Å²) in [6.45, 7) is 16.7. The number of nitrogens with two attached hydrogens (primary N) is 1. The molecular weight excluding hydrogens is 302 g/mol. The Morgan fingerprint density at radius 2 is 1.78 bits per heavy atom. The Kier molecular flexibility index (Phi) is 11.5. The molecular formula is C21H32ClN. The molecule has 1 aromatic rings. The molecule has 0 saturated heterocycles. The summed E-state index contributed by atoms with van der Waals surface area (Å²) in [7, 11) is 0. The normalized spacial score (nSPS) is 11.2. The number of halogens is 1. The molecule has 2 heteroatoms. The van der Waals surface area contributed by atoms with Crippen molar-refractivity contribution >= 4 is 11.6 Å². The van der Waals surface area contributed by atoms with E-state index in [0.29, 0.717) is 17.5 Å². The van der Waals surface area contributed by atoms with Gasteiger partial charge in [-0.3, -0.25) is 0 Å². The van der Waals surface area contributed by atoms with Crippen molar-refractivity contribution in [2.45, 2.75) is 47.1 Å². The highest BCUT2D eigenvalue weighted by molar-refractivity contribution is 6.31. The average molecular weight is 334 g/mol. The maximum Gasteiger partial charge on any atom is 0.0366 e. The van der Waals surface area contributed by atoms with E-state index in [1.54, 1.807) is 6.08 Å². The predicted octanol–water partition coefficient (Wildman–Crippen LogP) is 6.24. The van der Waals surface area contributed by atoms with Crippen LogP contribution < -0.4 is 5.73 Å². The maximum atomic E-state index is 5.76. The lowest BCUT2D eigenvalue weighted by Gasteiger charge is -2.06. The highest BCUT2D eigenvalue weighted by Gasteiger charge is 2.01.